The molecule has 0 spiro atoms. The molecule has 6 heteroatoms. The summed E-state index contributed by atoms with van der Waals surface area (Å²) in [7, 11) is 0. The van der Waals surface area contributed by atoms with E-state index in [9.17, 15) is 19.7 Å². The number of amides is 1. The second kappa shape index (κ2) is 4.95. The minimum atomic E-state index is -0.506. The van der Waals surface area contributed by atoms with Gasteiger partial charge < -0.3 is 4.90 Å². The summed E-state index contributed by atoms with van der Waals surface area (Å²) < 4.78 is 0. The summed E-state index contributed by atoms with van der Waals surface area (Å²) in [6.45, 7) is 0.851. The van der Waals surface area contributed by atoms with E-state index < -0.39 is 4.92 Å². The maximum Gasteiger partial charge on any atom is 0.269 e. The molecule has 0 bridgehead atoms. The number of Topliss-reactive ketones (excluding diaryl/α,β-unsaturated/α-hetero) is 1. The molecule has 1 amide bonds. The van der Waals surface area contributed by atoms with Crippen molar-refractivity contribution in [3.8, 4) is 0 Å². The molecule has 1 aromatic carbocycles. The maximum absolute atomic E-state index is 12.0. The molecule has 1 fully saturated rings. The smallest absolute Gasteiger partial charge is 0.269 e. The van der Waals surface area contributed by atoms with E-state index in [1.165, 1.54) is 24.3 Å². The van der Waals surface area contributed by atoms with Gasteiger partial charge in [-0.05, 0) is 12.1 Å². The molecule has 1 aliphatic rings. The SMILES string of the molecule is O=C1CCN(C(=O)c2ccc([N+](=O)[O-])cc2)CC1. The minimum Gasteiger partial charge on any atom is -0.338 e. The summed E-state index contributed by atoms with van der Waals surface area (Å²) in [6, 6.07) is 5.50. The number of hydrogen-bond acceptors (Lipinski definition) is 4. The second-order valence-electron chi connectivity index (χ2n) is 4.13. The lowest BCUT2D eigenvalue weighted by atomic mass is 10.1. The first-order valence-corrected chi connectivity index (χ1v) is 5.63. The molecule has 1 heterocycles. The number of ketones is 1. The van der Waals surface area contributed by atoms with Gasteiger partial charge in [0.2, 0.25) is 0 Å². The topological polar surface area (TPSA) is 80.5 Å². The van der Waals surface area contributed by atoms with Crippen LogP contribution in [0.15, 0.2) is 24.3 Å². The van der Waals surface area contributed by atoms with Crippen LogP contribution in [0.5, 0.6) is 0 Å². The largest absolute Gasteiger partial charge is 0.338 e. The van der Waals surface area contributed by atoms with E-state index in [-0.39, 0.29) is 17.4 Å². The zero-order valence-corrected chi connectivity index (χ0v) is 9.67. The van der Waals surface area contributed by atoms with Crippen LogP contribution in [0.4, 0.5) is 5.69 Å². The number of nitrogens with zero attached hydrogens (tertiary/aromatic N) is 2. The first-order valence-electron chi connectivity index (χ1n) is 5.63. The number of benzene rings is 1. The normalized spacial score (nSPS) is 15.6. The average molecular weight is 248 g/mol. The molecule has 0 radical (unpaired) electrons. The summed E-state index contributed by atoms with van der Waals surface area (Å²) in [5.41, 5.74) is 0.371. The molecule has 0 unspecified atom stereocenters. The van der Waals surface area contributed by atoms with Crippen LogP contribution in [-0.2, 0) is 4.79 Å². The minimum absolute atomic E-state index is 0.0413. The van der Waals surface area contributed by atoms with E-state index in [1.54, 1.807) is 4.90 Å². The second-order valence-corrected chi connectivity index (χ2v) is 4.13. The molecule has 18 heavy (non-hydrogen) atoms. The number of non-ortho nitro benzene ring substituents is 1. The summed E-state index contributed by atoms with van der Waals surface area (Å²) >= 11 is 0. The molecule has 94 valence electrons. The highest BCUT2D eigenvalue weighted by Gasteiger charge is 2.22. The summed E-state index contributed by atoms with van der Waals surface area (Å²) in [5.74, 6) is -0.0138. The fraction of sp³-hybridized carbons (Fsp3) is 0.333. The van der Waals surface area contributed by atoms with Crippen LogP contribution in [0.2, 0.25) is 0 Å². The predicted octanol–water partition coefficient (Wildman–Crippen LogP) is 1.40. The van der Waals surface area contributed by atoms with Gasteiger partial charge in [0.15, 0.2) is 0 Å². The van der Waals surface area contributed by atoms with E-state index in [0.29, 0.717) is 31.5 Å². The number of piperidine rings is 1. The van der Waals surface area contributed by atoms with E-state index in [0.717, 1.165) is 0 Å². The van der Waals surface area contributed by atoms with Gasteiger partial charge in [0.05, 0.1) is 4.92 Å². The van der Waals surface area contributed by atoms with Gasteiger partial charge in [-0.1, -0.05) is 0 Å². The van der Waals surface area contributed by atoms with E-state index in [1.807, 2.05) is 0 Å². The molecule has 2 rings (SSSR count). The molecular formula is C12H12N2O4. The highest BCUT2D eigenvalue weighted by Crippen LogP contribution is 2.15. The van der Waals surface area contributed by atoms with Crippen LogP contribution in [0.25, 0.3) is 0 Å². The number of hydrogen-bond donors (Lipinski definition) is 0. The van der Waals surface area contributed by atoms with Gasteiger partial charge in [0.1, 0.15) is 5.78 Å². The van der Waals surface area contributed by atoms with Gasteiger partial charge in [0, 0.05) is 43.6 Å². The highest BCUT2D eigenvalue weighted by molar-refractivity contribution is 5.95. The van der Waals surface area contributed by atoms with Crippen molar-refractivity contribution in [1.29, 1.82) is 0 Å². The van der Waals surface area contributed by atoms with Crippen LogP contribution in [0.1, 0.15) is 23.2 Å². The fourth-order valence-electron chi connectivity index (χ4n) is 1.87. The number of nitro benzene ring substituents is 1. The van der Waals surface area contributed by atoms with Crippen molar-refractivity contribution in [2.45, 2.75) is 12.8 Å². The summed E-state index contributed by atoms with van der Waals surface area (Å²) in [5, 5.41) is 10.5. The van der Waals surface area contributed by atoms with Crippen molar-refractivity contribution in [2.24, 2.45) is 0 Å². The van der Waals surface area contributed by atoms with E-state index in [4.69, 9.17) is 0 Å². The number of likely N-dealkylation sites (tertiary alicyclic amines) is 1. The van der Waals surface area contributed by atoms with Crippen LogP contribution < -0.4 is 0 Å². The van der Waals surface area contributed by atoms with Crippen molar-refractivity contribution in [3.63, 3.8) is 0 Å². The van der Waals surface area contributed by atoms with Crippen molar-refractivity contribution in [2.75, 3.05) is 13.1 Å². The molecule has 0 aliphatic carbocycles. The Labute approximate surface area is 103 Å². The molecule has 1 aromatic rings. The Hall–Kier alpha value is -2.24. The number of carbonyl (C=O) groups is 2. The third kappa shape index (κ3) is 2.53. The number of nitro groups is 1. The molecular weight excluding hydrogens is 236 g/mol. The van der Waals surface area contributed by atoms with E-state index in [2.05, 4.69) is 0 Å². The van der Waals surface area contributed by atoms with Crippen LogP contribution >= 0.6 is 0 Å². The molecule has 6 nitrogen and oxygen atoms in total. The Morgan fingerprint density at radius 2 is 1.72 bits per heavy atom. The lowest BCUT2D eigenvalue weighted by Crippen LogP contribution is -2.38. The van der Waals surface area contributed by atoms with Crippen LogP contribution in [-0.4, -0.2) is 34.6 Å². The van der Waals surface area contributed by atoms with Gasteiger partial charge in [0.25, 0.3) is 11.6 Å². The van der Waals surface area contributed by atoms with Crippen molar-refractivity contribution in [3.05, 3.63) is 39.9 Å². The van der Waals surface area contributed by atoms with Crippen molar-refractivity contribution >= 4 is 17.4 Å². The fourth-order valence-corrected chi connectivity index (χ4v) is 1.87. The zero-order valence-electron chi connectivity index (χ0n) is 9.67. The molecule has 0 aromatic heterocycles. The summed E-state index contributed by atoms with van der Waals surface area (Å²) in [4.78, 5) is 34.7. The Morgan fingerprint density at radius 1 is 1.17 bits per heavy atom. The predicted molar refractivity (Wildman–Crippen MR) is 63.2 cm³/mol. The first-order chi connectivity index (χ1) is 8.58. The van der Waals surface area contributed by atoms with Gasteiger partial charge in [-0.15, -0.1) is 0 Å². The molecule has 1 aliphatic heterocycles. The lowest BCUT2D eigenvalue weighted by molar-refractivity contribution is -0.384. The van der Waals surface area contributed by atoms with Crippen LogP contribution in [0.3, 0.4) is 0 Å². The zero-order chi connectivity index (χ0) is 13.1. The molecule has 0 saturated carbocycles. The monoisotopic (exact) mass is 248 g/mol. The molecule has 1 saturated heterocycles. The molecule has 0 N–H and O–H groups in total. The van der Waals surface area contributed by atoms with Crippen molar-refractivity contribution < 1.29 is 14.5 Å². The van der Waals surface area contributed by atoms with Crippen LogP contribution in [0, 0.1) is 10.1 Å². The van der Waals surface area contributed by atoms with Gasteiger partial charge in [-0.2, -0.15) is 0 Å². The first kappa shape index (κ1) is 12.2. The van der Waals surface area contributed by atoms with Gasteiger partial charge in [-0.25, -0.2) is 0 Å². The number of carbonyl (C=O) groups excluding carboxylic acids is 2. The summed E-state index contributed by atoms with van der Waals surface area (Å²) in [6.07, 6.45) is 0.775. The Morgan fingerprint density at radius 3 is 2.22 bits per heavy atom. The lowest BCUT2D eigenvalue weighted by Gasteiger charge is -2.26. The van der Waals surface area contributed by atoms with Crippen molar-refractivity contribution in [1.82, 2.24) is 4.90 Å². The van der Waals surface area contributed by atoms with Gasteiger partial charge >= 0.3 is 0 Å². The maximum atomic E-state index is 12.0. The Balaban J connectivity index is 2.09. The third-order valence-electron chi connectivity index (χ3n) is 2.93. The van der Waals surface area contributed by atoms with E-state index >= 15 is 0 Å². The quantitative estimate of drug-likeness (QED) is 0.585. The third-order valence-corrected chi connectivity index (χ3v) is 2.93. The standard InChI is InChI=1S/C12H12N2O4/c15-11-5-7-13(8-6-11)12(16)9-1-3-10(4-2-9)14(17)18/h1-4H,5-8H2. The Bertz CT molecular complexity index is 485. The average Bonchev–Trinajstić information content (AvgIpc) is 2.39. The van der Waals surface area contributed by atoms with Gasteiger partial charge in [-0.3, -0.25) is 19.7 Å². The Kier molecular flexibility index (Phi) is 3.36. The number of rotatable bonds is 2. The molecule has 0 atom stereocenters. The highest BCUT2D eigenvalue weighted by atomic mass is 16.6.